The summed E-state index contributed by atoms with van der Waals surface area (Å²) in [5.41, 5.74) is 5.08. The third kappa shape index (κ3) is 5.71. The zero-order valence-corrected chi connectivity index (χ0v) is 14.3. The van der Waals surface area contributed by atoms with Crippen molar-refractivity contribution in [2.75, 3.05) is 38.6 Å². The van der Waals surface area contributed by atoms with Crippen LogP contribution in [0.15, 0.2) is 0 Å². The molecule has 21 heavy (non-hydrogen) atoms. The van der Waals surface area contributed by atoms with Crippen LogP contribution in [0.4, 0.5) is 0 Å². The van der Waals surface area contributed by atoms with Crippen LogP contribution in [0.2, 0.25) is 0 Å². The Labute approximate surface area is 133 Å². The summed E-state index contributed by atoms with van der Waals surface area (Å²) in [7, 11) is -3.32. The Morgan fingerprint density at radius 2 is 1.81 bits per heavy atom. The number of carbonyl (C=O) groups is 1. The van der Waals surface area contributed by atoms with Crippen molar-refractivity contribution >= 4 is 28.3 Å². The molecule has 1 heterocycles. The van der Waals surface area contributed by atoms with E-state index in [0.29, 0.717) is 39.1 Å². The van der Waals surface area contributed by atoms with Gasteiger partial charge in [-0.2, -0.15) is 0 Å². The summed E-state index contributed by atoms with van der Waals surface area (Å²) in [6.45, 7) is 5.45. The lowest BCUT2D eigenvalue weighted by Crippen LogP contribution is -2.57. The summed E-state index contributed by atoms with van der Waals surface area (Å²) in [6, 6.07) is 0. The van der Waals surface area contributed by atoms with Crippen LogP contribution in [0.3, 0.4) is 0 Å². The van der Waals surface area contributed by atoms with E-state index < -0.39 is 15.6 Å². The molecule has 0 unspecified atom stereocenters. The van der Waals surface area contributed by atoms with Gasteiger partial charge in [0.05, 0.1) is 11.3 Å². The van der Waals surface area contributed by atoms with Gasteiger partial charge >= 0.3 is 0 Å². The largest absolute Gasteiger partial charge is 0.381 e. The monoisotopic (exact) mass is 343 g/mol. The molecule has 1 aliphatic rings. The number of hydrogen-bond acceptors (Lipinski definition) is 5. The highest BCUT2D eigenvalue weighted by Gasteiger charge is 2.35. The number of carbonyl (C=O) groups excluding carboxylic acids is 1. The maximum Gasteiger partial charge on any atom is 0.240 e. The summed E-state index contributed by atoms with van der Waals surface area (Å²) in [5.74, 6) is -0.400. The Bertz CT molecular complexity index is 420. The molecule has 3 N–H and O–H groups in total. The Kier molecular flexibility index (Phi) is 8.72. The first kappa shape index (κ1) is 20.6. The van der Waals surface area contributed by atoms with Gasteiger partial charge in [-0.25, -0.2) is 12.7 Å². The molecule has 1 amide bonds. The van der Waals surface area contributed by atoms with Gasteiger partial charge in [0.1, 0.15) is 0 Å². The zero-order chi connectivity index (χ0) is 15.2. The predicted octanol–water partition coefficient (Wildman–Crippen LogP) is -0.296. The maximum atomic E-state index is 12.0. The molecule has 1 aliphatic heterocycles. The summed E-state index contributed by atoms with van der Waals surface area (Å²) in [6.07, 6.45) is 0.920. The molecular formula is C12H26ClN3O4S. The highest BCUT2D eigenvalue weighted by Crippen LogP contribution is 2.17. The molecule has 0 radical (unpaired) electrons. The SMILES string of the molecule is CCN(CC)S(=O)(=O)CCNC(=O)C1(N)CCOCC1.Cl. The van der Waals surface area contributed by atoms with Crippen molar-refractivity contribution < 1.29 is 17.9 Å². The second-order valence-electron chi connectivity index (χ2n) is 4.92. The number of nitrogens with one attached hydrogen (secondary N) is 1. The van der Waals surface area contributed by atoms with Gasteiger partial charge in [0, 0.05) is 32.8 Å². The first-order valence-corrected chi connectivity index (χ1v) is 8.59. The molecule has 0 aliphatic carbocycles. The van der Waals surface area contributed by atoms with Crippen LogP contribution in [0.1, 0.15) is 26.7 Å². The number of ether oxygens (including phenoxy) is 1. The highest BCUT2D eigenvalue weighted by atomic mass is 35.5. The quantitative estimate of drug-likeness (QED) is 0.661. The zero-order valence-electron chi connectivity index (χ0n) is 12.6. The molecule has 7 nitrogen and oxygen atoms in total. The summed E-state index contributed by atoms with van der Waals surface area (Å²) >= 11 is 0. The van der Waals surface area contributed by atoms with Gasteiger partial charge in [0.15, 0.2) is 0 Å². The minimum Gasteiger partial charge on any atom is -0.381 e. The van der Waals surface area contributed by atoms with E-state index in [1.807, 2.05) is 0 Å². The predicted molar refractivity (Wildman–Crippen MR) is 83.9 cm³/mol. The van der Waals surface area contributed by atoms with E-state index in [2.05, 4.69) is 5.32 Å². The second-order valence-corrected chi connectivity index (χ2v) is 7.01. The molecule has 0 atom stereocenters. The number of rotatable bonds is 7. The van der Waals surface area contributed by atoms with E-state index in [4.69, 9.17) is 10.5 Å². The molecule has 1 rings (SSSR count). The Morgan fingerprint density at radius 1 is 1.29 bits per heavy atom. The maximum absolute atomic E-state index is 12.0. The minimum atomic E-state index is -3.32. The van der Waals surface area contributed by atoms with Crippen LogP contribution >= 0.6 is 12.4 Å². The van der Waals surface area contributed by atoms with Crippen LogP contribution < -0.4 is 11.1 Å². The molecule has 0 aromatic heterocycles. The Morgan fingerprint density at radius 3 is 2.29 bits per heavy atom. The first-order chi connectivity index (χ1) is 9.35. The fraction of sp³-hybridized carbons (Fsp3) is 0.917. The number of nitrogens with two attached hydrogens (primary N) is 1. The van der Waals surface area contributed by atoms with Gasteiger partial charge in [-0.1, -0.05) is 13.8 Å². The van der Waals surface area contributed by atoms with Crippen molar-refractivity contribution in [3.05, 3.63) is 0 Å². The average Bonchev–Trinajstić information content (AvgIpc) is 2.40. The van der Waals surface area contributed by atoms with E-state index in [1.165, 1.54) is 4.31 Å². The number of halogens is 1. The lowest BCUT2D eigenvalue weighted by Gasteiger charge is -2.31. The van der Waals surface area contributed by atoms with Gasteiger partial charge < -0.3 is 15.8 Å². The summed E-state index contributed by atoms with van der Waals surface area (Å²) in [4.78, 5) is 12.0. The van der Waals surface area contributed by atoms with Gasteiger partial charge in [0.2, 0.25) is 15.9 Å². The van der Waals surface area contributed by atoms with Gasteiger partial charge in [-0.3, -0.25) is 4.79 Å². The summed E-state index contributed by atoms with van der Waals surface area (Å²) in [5, 5.41) is 2.63. The molecule has 1 saturated heterocycles. The molecule has 0 aromatic rings. The van der Waals surface area contributed by atoms with Gasteiger partial charge in [0.25, 0.3) is 0 Å². The van der Waals surface area contributed by atoms with Crippen molar-refractivity contribution in [2.24, 2.45) is 5.73 Å². The molecule has 1 fully saturated rings. The van der Waals surface area contributed by atoms with Crippen molar-refractivity contribution in [2.45, 2.75) is 32.2 Å². The van der Waals surface area contributed by atoms with E-state index in [0.717, 1.165) is 0 Å². The fourth-order valence-corrected chi connectivity index (χ4v) is 3.58. The van der Waals surface area contributed by atoms with Crippen molar-refractivity contribution in [3.63, 3.8) is 0 Å². The van der Waals surface area contributed by atoms with Crippen LogP contribution in [0.5, 0.6) is 0 Å². The van der Waals surface area contributed by atoms with Gasteiger partial charge in [-0.05, 0) is 12.8 Å². The molecule has 0 bridgehead atoms. The molecular weight excluding hydrogens is 318 g/mol. The van der Waals surface area contributed by atoms with Crippen LogP contribution in [-0.4, -0.2) is 62.8 Å². The van der Waals surface area contributed by atoms with Crippen LogP contribution in [-0.2, 0) is 19.6 Å². The molecule has 0 aromatic carbocycles. The molecule has 9 heteroatoms. The molecule has 0 spiro atoms. The number of amides is 1. The molecule has 0 saturated carbocycles. The van der Waals surface area contributed by atoms with E-state index in [-0.39, 0.29) is 30.6 Å². The van der Waals surface area contributed by atoms with Crippen LogP contribution in [0.25, 0.3) is 0 Å². The van der Waals surface area contributed by atoms with E-state index >= 15 is 0 Å². The Hall–Kier alpha value is -0.410. The molecule has 126 valence electrons. The first-order valence-electron chi connectivity index (χ1n) is 6.98. The normalized spacial score (nSPS) is 18.1. The standard InChI is InChI=1S/C12H25N3O4S.ClH/c1-3-15(4-2)20(17,18)10-7-14-11(16)12(13)5-8-19-9-6-12;/h3-10,13H2,1-2H3,(H,14,16);1H. The van der Waals surface area contributed by atoms with Crippen molar-refractivity contribution in [1.29, 1.82) is 0 Å². The van der Waals surface area contributed by atoms with Crippen molar-refractivity contribution in [1.82, 2.24) is 9.62 Å². The second kappa shape index (κ2) is 8.89. The minimum absolute atomic E-state index is 0. The fourth-order valence-electron chi connectivity index (χ4n) is 2.18. The summed E-state index contributed by atoms with van der Waals surface area (Å²) < 4.78 is 30.5. The lowest BCUT2D eigenvalue weighted by atomic mass is 9.90. The van der Waals surface area contributed by atoms with Crippen LogP contribution in [0, 0.1) is 0 Å². The smallest absolute Gasteiger partial charge is 0.240 e. The van der Waals surface area contributed by atoms with E-state index in [1.54, 1.807) is 13.8 Å². The van der Waals surface area contributed by atoms with Gasteiger partial charge in [-0.15, -0.1) is 12.4 Å². The topological polar surface area (TPSA) is 102 Å². The number of hydrogen-bond donors (Lipinski definition) is 2. The third-order valence-electron chi connectivity index (χ3n) is 3.58. The van der Waals surface area contributed by atoms with Crippen molar-refractivity contribution in [3.8, 4) is 0 Å². The lowest BCUT2D eigenvalue weighted by molar-refractivity contribution is -0.129. The Balaban J connectivity index is 0.00000400. The number of nitrogens with zero attached hydrogens (tertiary/aromatic N) is 1. The van der Waals surface area contributed by atoms with E-state index in [9.17, 15) is 13.2 Å². The highest BCUT2D eigenvalue weighted by molar-refractivity contribution is 7.89. The third-order valence-corrected chi connectivity index (χ3v) is 5.60. The average molecular weight is 344 g/mol. The number of sulfonamides is 1.